The van der Waals surface area contributed by atoms with Gasteiger partial charge in [-0.3, -0.25) is 25.3 Å². The van der Waals surface area contributed by atoms with Gasteiger partial charge in [-0.15, -0.1) is 0 Å². The third kappa shape index (κ3) is 5.72. The second-order valence-corrected chi connectivity index (χ2v) is 11.1. The van der Waals surface area contributed by atoms with E-state index in [0.717, 1.165) is 36.8 Å². The SMILES string of the molecule is O=C1NC(N2CCC(c3ccccc3C(F)(F)F)CC2)NC(N[C@@H]2CCCNC2)C1c1ccc2ccccc2n1. The van der Waals surface area contributed by atoms with Crippen LogP contribution in [0.15, 0.2) is 60.7 Å². The van der Waals surface area contributed by atoms with Crippen molar-refractivity contribution in [3.05, 3.63) is 77.5 Å². The summed E-state index contributed by atoms with van der Waals surface area (Å²) in [5.41, 5.74) is 1.36. The van der Waals surface area contributed by atoms with Crippen LogP contribution in [-0.4, -0.2) is 60.5 Å². The van der Waals surface area contributed by atoms with Crippen molar-refractivity contribution in [2.75, 3.05) is 26.2 Å². The predicted octanol–water partition coefficient (Wildman–Crippen LogP) is 3.89. The van der Waals surface area contributed by atoms with Crippen LogP contribution in [0.3, 0.4) is 0 Å². The number of hydrogen-bond acceptors (Lipinski definition) is 6. The van der Waals surface area contributed by atoms with Crippen LogP contribution in [-0.2, 0) is 11.0 Å². The number of halogens is 3. The third-order valence-corrected chi connectivity index (χ3v) is 8.48. The zero-order valence-corrected chi connectivity index (χ0v) is 22.3. The highest BCUT2D eigenvalue weighted by Crippen LogP contribution is 2.39. The molecule has 0 aliphatic carbocycles. The first-order chi connectivity index (χ1) is 19.4. The fourth-order valence-corrected chi connectivity index (χ4v) is 6.41. The van der Waals surface area contributed by atoms with Gasteiger partial charge in [-0.05, 0) is 61.9 Å². The Hall–Kier alpha value is -3.05. The summed E-state index contributed by atoms with van der Waals surface area (Å²) in [6.07, 6.45) is -1.89. The van der Waals surface area contributed by atoms with Gasteiger partial charge in [0.1, 0.15) is 12.2 Å². The molecule has 4 N–H and O–H groups in total. The molecule has 0 saturated carbocycles. The van der Waals surface area contributed by atoms with E-state index < -0.39 is 23.9 Å². The van der Waals surface area contributed by atoms with Gasteiger partial charge in [-0.25, -0.2) is 0 Å². The Morgan fingerprint density at radius 1 is 0.950 bits per heavy atom. The number of benzene rings is 2. The molecule has 3 fully saturated rings. The Morgan fingerprint density at radius 2 is 1.73 bits per heavy atom. The molecule has 0 radical (unpaired) electrons. The Balaban J connectivity index is 1.19. The van der Waals surface area contributed by atoms with Crippen LogP contribution >= 0.6 is 0 Å². The van der Waals surface area contributed by atoms with E-state index in [2.05, 4.69) is 26.2 Å². The smallest absolute Gasteiger partial charge is 0.327 e. The molecule has 3 aliphatic rings. The van der Waals surface area contributed by atoms with Gasteiger partial charge < -0.3 is 10.6 Å². The van der Waals surface area contributed by atoms with Crippen LogP contribution in [0.5, 0.6) is 0 Å². The summed E-state index contributed by atoms with van der Waals surface area (Å²) in [7, 11) is 0. The van der Waals surface area contributed by atoms with Crippen LogP contribution in [0.25, 0.3) is 10.9 Å². The first-order valence-electron chi connectivity index (χ1n) is 14.2. The first-order valence-corrected chi connectivity index (χ1v) is 14.2. The molecule has 10 heteroatoms. The van der Waals surface area contributed by atoms with E-state index in [-0.39, 0.29) is 24.0 Å². The maximum absolute atomic E-state index is 13.7. The summed E-state index contributed by atoms with van der Waals surface area (Å²) >= 11 is 0. The number of nitrogens with zero attached hydrogens (tertiary/aromatic N) is 2. The topological polar surface area (TPSA) is 81.3 Å². The quantitative estimate of drug-likeness (QED) is 0.385. The maximum atomic E-state index is 13.7. The van der Waals surface area contributed by atoms with Crippen molar-refractivity contribution in [1.29, 1.82) is 0 Å². The average Bonchev–Trinajstić information content (AvgIpc) is 2.97. The summed E-state index contributed by atoms with van der Waals surface area (Å²) in [4.78, 5) is 20.6. The number of hydrogen-bond donors (Lipinski definition) is 4. The van der Waals surface area contributed by atoms with Gasteiger partial charge in [-0.2, -0.15) is 13.2 Å². The number of pyridine rings is 1. The van der Waals surface area contributed by atoms with Crippen LogP contribution in [0.1, 0.15) is 54.3 Å². The van der Waals surface area contributed by atoms with E-state index in [4.69, 9.17) is 4.98 Å². The van der Waals surface area contributed by atoms with E-state index in [9.17, 15) is 18.0 Å². The average molecular weight is 553 g/mol. The maximum Gasteiger partial charge on any atom is 0.416 e. The minimum absolute atomic E-state index is 0.114. The van der Waals surface area contributed by atoms with Crippen molar-refractivity contribution < 1.29 is 18.0 Å². The molecule has 4 atom stereocenters. The van der Waals surface area contributed by atoms with Crippen molar-refractivity contribution in [2.24, 2.45) is 0 Å². The molecule has 0 bridgehead atoms. The minimum atomic E-state index is -4.37. The number of nitrogens with one attached hydrogen (secondary N) is 4. The molecule has 6 rings (SSSR count). The van der Waals surface area contributed by atoms with Gasteiger partial charge in [0.15, 0.2) is 0 Å². The van der Waals surface area contributed by atoms with Gasteiger partial charge in [-0.1, -0.05) is 42.5 Å². The van der Waals surface area contributed by atoms with E-state index in [1.165, 1.54) is 12.1 Å². The summed E-state index contributed by atoms with van der Waals surface area (Å²) < 4.78 is 40.9. The Kier molecular flexibility index (Phi) is 7.76. The van der Waals surface area contributed by atoms with Crippen LogP contribution < -0.4 is 21.3 Å². The number of carbonyl (C=O) groups is 1. The lowest BCUT2D eigenvalue weighted by Gasteiger charge is -2.45. The molecule has 3 aliphatic heterocycles. The number of piperidine rings is 2. The number of amides is 1. The lowest BCUT2D eigenvalue weighted by Crippen LogP contribution is -2.71. The monoisotopic (exact) mass is 552 g/mol. The summed E-state index contributed by atoms with van der Waals surface area (Å²) in [5.74, 6) is -0.818. The normalized spacial score (nSPS) is 27.0. The lowest BCUT2D eigenvalue weighted by atomic mass is 9.86. The van der Waals surface area contributed by atoms with Gasteiger partial charge >= 0.3 is 6.18 Å². The molecule has 7 nitrogen and oxygen atoms in total. The molecule has 3 aromatic rings. The predicted molar refractivity (Wildman–Crippen MR) is 147 cm³/mol. The fourth-order valence-electron chi connectivity index (χ4n) is 6.41. The summed E-state index contributed by atoms with van der Waals surface area (Å²) in [6, 6.07) is 17.9. The molecular formula is C30H35F3N6O. The molecule has 1 amide bonds. The highest BCUT2D eigenvalue weighted by atomic mass is 19.4. The van der Waals surface area contributed by atoms with Crippen molar-refractivity contribution in [2.45, 2.75) is 62.2 Å². The van der Waals surface area contributed by atoms with E-state index in [0.29, 0.717) is 37.2 Å². The molecule has 212 valence electrons. The molecule has 4 heterocycles. The number of fused-ring (bicyclic) bond motifs is 1. The Bertz CT molecular complexity index is 1340. The number of carbonyl (C=O) groups excluding carboxylic acids is 1. The third-order valence-electron chi connectivity index (χ3n) is 8.48. The molecule has 1 aromatic heterocycles. The number of likely N-dealkylation sites (tertiary alicyclic amines) is 1. The number of para-hydroxylation sites is 1. The number of alkyl halides is 3. The molecule has 0 spiro atoms. The fraction of sp³-hybridized carbons (Fsp3) is 0.467. The van der Waals surface area contributed by atoms with Crippen molar-refractivity contribution in [3.8, 4) is 0 Å². The lowest BCUT2D eigenvalue weighted by molar-refractivity contribution is -0.138. The van der Waals surface area contributed by atoms with E-state index in [1.54, 1.807) is 12.1 Å². The molecule has 40 heavy (non-hydrogen) atoms. The molecule has 3 saturated heterocycles. The molecule has 2 aromatic carbocycles. The second-order valence-electron chi connectivity index (χ2n) is 11.1. The van der Waals surface area contributed by atoms with E-state index in [1.807, 2.05) is 36.4 Å². The standard InChI is InChI=1S/C30H35F3N6O/c31-30(32,33)23-9-3-2-8-22(23)19-13-16-39(17-14-19)29-37-27(35-21-7-5-15-34-18-21)26(28(40)38-29)25-12-11-20-6-1-4-10-24(20)36-25/h1-4,6,8-12,19,21,26-27,29,34-35,37H,5,7,13-18H2,(H,38,40)/t21-,26?,27?,29?/m1/s1. The van der Waals surface area contributed by atoms with Crippen LogP contribution in [0, 0.1) is 0 Å². The van der Waals surface area contributed by atoms with Crippen molar-refractivity contribution in [1.82, 2.24) is 31.2 Å². The molecular weight excluding hydrogens is 517 g/mol. The Labute approximate surface area is 231 Å². The van der Waals surface area contributed by atoms with Crippen LogP contribution in [0.4, 0.5) is 13.2 Å². The Morgan fingerprint density at radius 3 is 2.50 bits per heavy atom. The summed E-state index contributed by atoms with van der Waals surface area (Å²) in [5, 5.41) is 14.9. The highest BCUT2D eigenvalue weighted by molar-refractivity contribution is 5.86. The van der Waals surface area contributed by atoms with Gasteiger partial charge in [0, 0.05) is 31.1 Å². The second kappa shape index (κ2) is 11.4. The van der Waals surface area contributed by atoms with Gasteiger partial charge in [0.2, 0.25) is 5.91 Å². The van der Waals surface area contributed by atoms with Crippen molar-refractivity contribution in [3.63, 3.8) is 0 Å². The zero-order valence-electron chi connectivity index (χ0n) is 22.3. The number of aromatic nitrogens is 1. The van der Waals surface area contributed by atoms with E-state index >= 15 is 0 Å². The summed E-state index contributed by atoms with van der Waals surface area (Å²) in [6.45, 7) is 2.96. The minimum Gasteiger partial charge on any atom is -0.327 e. The largest absolute Gasteiger partial charge is 0.416 e. The van der Waals surface area contributed by atoms with Gasteiger partial charge in [0.25, 0.3) is 0 Å². The van der Waals surface area contributed by atoms with Gasteiger partial charge in [0.05, 0.1) is 22.9 Å². The van der Waals surface area contributed by atoms with Crippen LogP contribution in [0.2, 0.25) is 0 Å². The zero-order chi connectivity index (χ0) is 27.7. The number of rotatable bonds is 5. The highest BCUT2D eigenvalue weighted by Gasteiger charge is 2.42. The first kappa shape index (κ1) is 27.1. The van der Waals surface area contributed by atoms with Crippen molar-refractivity contribution >= 4 is 16.8 Å². The molecule has 3 unspecified atom stereocenters.